The molecule has 0 aliphatic heterocycles. The molecule has 0 amide bonds. The Hall–Kier alpha value is -0.490. The van der Waals surface area contributed by atoms with Gasteiger partial charge < -0.3 is 5.32 Å². The number of thioether (sulfide) groups is 1. The van der Waals surface area contributed by atoms with Gasteiger partial charge in [0.25, 0.3) is 5.56 Å². The molecule has 0 bridgehead atoms. The lowest BCUT2D eigenvalue weighted by molar-refractivity contribution is 0.531. The van der Waals surface area contributed by atoms with E-state index in [2.05, 4.69) is 32.6 Å². The van der Waals surface area contributed by atoms with E-state index < -0.39 is 0 Å². The number of nitrogens with one attached hydrogen (secondary N) is 1. The molecule has 1 aromatic rings. The zero-order valence-electron chi connectivity index (χ0n) is 11.6. The third-order valence-corrected chi connectivity index (χ3v) is 6.15. The van der Waals surface area contributed by atoms with Crippen molar-refractivity contribution in [2.45, 2.75) is 49.9 Å². The van der Waals surface area contributed by atoms with E-state index in [1.54, 1.807) is 10.9 Å². The summed E-state index contributed by atoms with van der Waals surface area (Å²) in [4.78, 5) is 12.3. The minimum absolute atomic E-state index is 0.0133. The van der Waals surface area contributed by atoms with E-state index >= 15 is 0 Å². The number of nitrogens with zero attached hydrogens (tertiary/aromatic N) is 2. The predicted molar refractivity (Wildman–Crippen MR) is 87.5 cm³/mol. The lowest BCUT2D eigenvalue weighted by Gasteiger charge is -2.21. The van der Waals surface area contributed by atoms with Crippen molar-refractivity contribution in [2.24, 2.45) is 5.92 Å². The molecule has 0 saturated heterocycles. The van der Waals surface area contributed by atoms with Crippen LogP contribution in [0.3, 0.4) is 0 Å². The standard InChI is InChI=1S/C14H20BrN3OS/c1-20-12-4-2-3-10(12)17-11-7-16-18(8-9-5-6-9)14(19)13(11)15/h7,9-10,12,17H,2-6,8H2,1H3. The number of halogens is 1. The first-order valence-electron chi connectivity index (χ1n) is 7.24. The van der Waals surface area contributed by atoms with E-state index in [1.165, 1.54) is 32.1 Å². The average molecular weight is 358 g/mol. The molecule has 2 fully saturated rings. The highest BCUT2D eigenvalue weighted by atomic mass is 79.9. The molecule has 2 aliphatic rings. The fourth-order valence-corrected chi connectivity index (χ4v) is 4.17. The van der Waals surface area contributed by atoms with Crippen molar-refractivity contribution in [3.05, 3.63) is 21.0 Å². The van der Waals surface area contributed by atoms with Gasteiger partial charge in [0.15, 0.2) is 0 Å². The van der Waals surface area contributed by atoms with Gasteiger partial charge in [-0.1, -0.05) is 6.42 Å². The first-order chi connectivity index (χ1) is 9.69. The van der Waals surface area contributed by atoms with Crippen molar-refractivity contribution >= 4 is 33.4 Å². The van der Waals surface area contributed by atoms with E-state index in [-0.39, 0.29) is 5.56 Å². The van der Waals surface area contributed by atoms with Crippen LogP contribution in [0.5, 0.6) is 0 Å². The van der Waals surface area contributed by atoms with Gasteiger partial charge in [-0.3, -0.25) is 4.79 Å². The molecule has 2 saturated carbocycles. The van der Waals surface area contributed by atoms with Gasteiger partial charge in [0, 0.05) is 17.8 Å². The molecule has 2 atom stereocenters. The number of rotatable bonds is 5. The van der Waals surface area contributed by atoms with E-state index in [1.807, 2.05) is 11.8 Å². The number of hydrogen-bond donors (Lipinski definition) is 1. The molecule has 110 valence electrons. The fourth-order valence-electron chi connectivity index (χ4n) is 2.81. The van der Waals surface area contributed by atoms with Gasteiger partial charge in [-0.25, -0.2) is 4.68 Å². The maximum Gasteiger partial charge on any atom is 0.283 e. The van der Waals surface area contributed by atoms with E-state index in [0.717, 1.165) is 12.2 Å². The minimum atomic E-state index is -0.0133. The van der Waals surface area contributed by atoms with Crippen LogP contribution < -0.4 is 10.9 Å². The third kappa shape index (κ3) is 3.06. The highest BCUT2D eigenvalue weighted by Gasteiger charge is 2.28. The van der Waals surface area contributed by atoms with Crippen LogP contribution in [0.15, 0.2) is 15.5 Å². The van der Waals surface area contributed by atoms with Gasteiger partial charge in [-0.05, 0) is 53.8 Å². The van der Waals surface area contributed by atoms with Gasteiger partial charge in [0.05, 0.1) is 11.9 Å². The molecular formula is C14H20BrN3OS. The lowest BCUT2D eigenvalue weighted by Crippen LogP contribution is -2.30. The molecule has 0 spiro atoms. The molecule has 3 rings (SSSR count). The summed E-state index contributed by atoms with van der Waals surface area (Å²) >= 11 is 5.36. The van der Waals surface area contributed by atoms with Gasteiger partial charge in [-0.2, -0.15) is 16.9 Å². The van der Waals surface area contributed by atoms with Gasteiger partial charge in [-0.15, -0.1) is 0 Å². The topological polar surface area (TPSA) is 46.9 Å². The summed E-state index contributed by atoms with van der Waals surface area (Å²) in [6.07, 6.45) is 10.1. The summed E-state index contributed by atoms with van der Waals surface area (Å²) in [6, 6.07) is 0.446. The normalized spacial score (nSPS) is 25.9. The number of aromatic nitrogens is 2. The number of hydrogen-bond acceptors (Lipinski definition) is 4. The van der Waals surface area contributed by atoms with Crippen LogP contribution in [-0.2, 0) is 6.54 Å². The van der Waals surface area contributed by atoms with E-state index in [9.17, 15) is 4.79 Å². The maximum absolute atomic E-state index is 12.3. The first-order valence-corrected chi connectivity index (χ1v) is 9.32. The first kappa shape index (κ1) is 14.4. The van der Waals surface area contributed by atoms with Crippen LogP contribution in [0.25, 0.3) is 0 Å². The summed E-state index contributed by atoms with van der Waals surface area (Å²) in [5.41, 5.74) is 0.827. The Morgan fingerprint density at radius 3 is 2.95 bits per heavy atom. The van der Waals surface area contributed by atoms with Gasteiger partial charge in [0.1, 0.15) is 4.47 Å². The quantitative estimate of drug-likeness (QED) is 0.879. The zero-order chi connectivity index (χ0) is 14.1. The highest BCUT2D eigenvalue weighted by Crippen LogP contribution is 2.32. The van der Waals surface area contributed by atoms with Crippen molar-refractivity contribution < 1.29 is 0 Å². The third-order valence-electron chi connectivity index (χ3n) is 4.21. The Morgan fingerprint density at radius 2 is 2.25 bits per heavy atom. The minimum Gasteiger partial charge on any atom is -0.379 e. The van der Waals surface area contributed by atoms with Gasteiger partial charge in [0.2, 0.25) is 0 Å². The Kier molecular flexibility index (Phi) is 4.40. The zero-order valence-corrected chi connectivity index (χ0v) is 14.0. The Morgan fingerprint density at radius 1 is 1.45 bits per heavy atom. The van der Waals surface area contributed by atoms with Crippen molar-refractivity contribution in [3.8, 4) is 0 Å². The van der Waals surface area contributed by atoms with Gasteiger partial charge >= 0.3 is 0 Å². The average Bonchev–Trinajstić information content (AvgIpc) is 3.15. The summed E-state index contributed by atoms with van der Waals surface area (Å²) in [6.45, 7) is 0.759. The van der Waals surface area contributed by atoms with E-state index in [0.29, 0.717) is 21.7 Å². The number of anilines is 1. The smallest absolute Gasteiger partial charge is 0.283 e. The molecule has 1 aromatic heterocycles. The second-order valence-electron chi connectivity index (χ2n) is 5.76. The molecular weight excluding hydrogens is 338 g/mol. The molecule has 1 N–H and O–H groups in total. The summed E-state index contributed by atoms with van der Waals surface area (Å²) in [5, 5.41) is 8.46. The SMILES string of the molecule is CSC1CCCC1Nc1cnn(CC2CC2)c(=O)c1Br. The van der Waals surface area contributed by atoms with E-state index in [4.69, 9.17) is 0 Å². The molecule has 20 heavy (non-hydrogen) atoms. The molecule has 0 radical (unpaired) electrons. The molecule has 6 heteroatoms. The maximum atomic E-state index is 12.3. The van der Waals surface area contributed by atoms with Crippen LogP contribution in [-0.4, -0.2) is 27.3 Å². The highest BCUT2D eigenvalue weighted by molar-refractivity contribution is 9.10. The van der Waals surface area contributed by atoms with Crippen LogP contribution >= 0.6 is 27.7 Å². The summed E-state index contributed by atoms with van der Waals surface area (Å²) in [5.74, 6) is 0.654. The second kappa shape index (κ2) is 6.10. The molecule has 4 nitrogen and oxygen atoms in total. The van der Waals surface area contributed by atoms with Crippen molar-refractivity contribution in [2.75, 3.05) is 11.6 Å². The molecule has 2 aliphatic carbocycles. The lowest BCUT2D eigenvalue weighted by atomic mass is 10.2. The Labute approximate surface area is 131 Å². The Bertz CT molecular complexity index is 544. The van der Waals surface area contributed by atoms with Crippen molar-refractivity contribution in [1.29, 1.82) is 0 Å². The molecule has 0 aromatic carbocycles. The van der Waals surface area contributed by atoms with Crippen molar-refractivity contribution in [1.82, 2.24) is 9.78 Å². The monoisotopic (exact) mass is 357 g/mol. The molecule has 1 heterocycles. The van der Waals surface area contributed by atoms with Crippen LogP contribution in [0, 0.1) is 5.92 Å². The Balaban J connectivity index is 1.76. The van der Waals surface area contributed by atoms with Crippen LogP contribution in [0.1, 0.15) is 32.1 Å². The van der Waals surface area contributed by atoms with Crippen LogP contribution in [0.4, 0.5) is 5.69 Å². The second-order valence-corrected chi connectivity index (χ2v) is 7.63. The largest absolute Gasteiger partial charge is 0.379 e. The summed E-state index contributed by atoms with van der Waals surface area (Å²) in [7, 11) is 0. The molecule has 2 unspecified atom stereocenters. The van der Waals surface area contributed by atoms with Crippen molar-refractivity contribution in [3.63, 3.8) is 0 Å². The fraction of sp³-hybridized carbons (Fsp3) is 0.714. The predicted octanol–water partition coefficient (Wildman–Crippen LogP) is 3.11. The summed E-state index contributed by atoms with van der Waals surface area (Å²) < 4.78 is 2.22. The van der Waals surface area contributed by atoms with Crippen LogP contribution in [0.2, 0.25) is 0 Å².